The van der Waals surface area contributed by atoms with Crippen LogP contribution in [-0.4, -0.2) is 26.6 Å². The molecule has 0 bridgehead atoms. The van der Waals surface area contributed by atoms with E-state index in [-0.39, 0.29) is 21.8 Å². The minimum Gasteiger partial charge on any atom is -0.388 e. The molecule has 0 unspecified atom stereocenters. The largest absolute Gasteiger partial charge is 0.388 e. The first-order valence-electron chi connectivity index (χ1n) is 6.08. The van der Waals surface area contributed by atoms with Crippen LogP contribution in [-0.2, 0) is 4.74 Å². The number of hydrogen-bond acceptors (Lipinski definition) is 1. The summed E-state index contributed by atoms with van der Waals surface area (Å²) in [5, 5.41) is 0. The minimum atomic E-state index is -4.00. The Bertz CT molecular complexity index is 80.9. The van der Waals surface area contributed by atoms with Crippen molar-refractivity contribution in [2.45, 2.75) is 88.5 Å². The van der Waals surface area contributed by atoms with E-state index in [4.69, 9.17) is 0 Å². The van der Waals surface area contributed by atoms with Crippen LogP contribution < -0.4 is 0 Å². The van der Waals surface area contributed by atoms with Crippen molar-refractivity contribution in [1.82, 2.24) is 0 Å². The Balaban J connectivity index is -0.0000000210. The van der Waals surface area contributed by atoms with Crippen molar-refractivity contribution in [3.8, 4) is 0 Å². The quantitative estimate of drug-likeness (QED) is 0.426. The number of rotatable bonds is 0. The SMILES string of the molecule is C.C.CC(C)F.CC(F)(F)F.CCC.CCC.COC. The molecule has 0 aromatic rings. The maximum atomic E-state index is 11.0. The summed E-state index contributed by atoms with van der Waals surface area (Å²) >= 11 is 0. The summed E-state index contributed by atoms with van der Waals surface area (Å²) in [5.41, 5.74) is 0. The fourth-order valence-corrected chi connectivity index (χ4v) is 0. The van der Waals surface area contributed by atoms with Crippen molar-refractivity contribution >= 4 is 0 Å². The van der Waals surface area contributed by atoms with Crippen LogP contribution in [0.3, 0.4) is 0 Å². The molecule has 0 radical (unpaired) electrons. The summed E-state index contributed by atoms with van der Waals surface area (Å²) in [5.74, 6) is 0. The van der Waals surface area contributed by atoms with Crippen molar-refractivity contribution in [2.75, 3.05) is 14.2 Å². The molecule has 1 nitrogen and oxygen atoms in total. The number of ether oxygens (including phenoxy) is 1. The molecule has 0 aliphatic rings. The van der Waals surface area contributed by atoms with Crippen LogP contribution in [0.4, 0.5) is 17.6 Å². The Kier molecular flexibility index (Phi) is 91.4. The van der Waals surface area contributed by atoms with Gasteiger partial charge in [-0.25, -0.2) is 4.39 Å². The number of hydrogen-bond donors (Lipinski definition) is 0. The highest BCUT2D eigenvalue weighted by atomic mass is 19.4. The number of alkyl halides is 4. The van der Waals surface area contributed by atoms with Gasteiger partial charge in [-0.05, 0) is 13.8 Å². The number of halogens is 4. The standard InChI is InChI=1S/C3H7F.2C3H8.C2H3F3.C2H6O.2CH4/c1-3(2)4;2*1-3-2;1-2(3,4)5;1-3-2;;/h3H,1-2H3;2*3H2,1-2H3;1H3;1-2H3;2*1H4. The lowest BCUT2D eigenvalue weighted by molar-refractivity contribution is -0.110. The first-order chi connectivity index (χ1) is 7.97. The minimum absolute atomic E-state index is 0. The molecule has 0 spiro atoms. The normalized spacial score (nSPS) is 7.50. The summed E-state index contributed by atoms with van der Waals surface area (Å²) in [6.07, 6.45) is -2.17. The molecule has 0 aromatic heterocycles. The zero-order chi connectivity index (χ0) is 16.2. The molecule has 0 rings (SSSR count). The lowest BCUT2D eigenvalue weighted by Gasteiger charge is -1.88. The van der Waals surface area contributed by atoms with Gasteiger partial charge < -0.3 is 4.74 Å². The van der Waals surface area contributed by atoms with Gasteiger partial charge >= 0.3 is 6.18 Å². The van der Waals surface area contributed by atoms with Gasteiger partial charge in [-0.15, -0.1) is 0 Å². The molecule has 0 amide bonds. The highest BCUT2D eigenvalue weighted by molar-refractivity contribution is 4.26. The van der Waals surface area contributed by atoms with Crippen LogP contribution in [0, 0.1) is 0 Å². The fraction of sp³-hybridized carbons (Fsp3) is 1.00. The van der Waals surface area contributed by atoms with E-state index < -0.39 is 12.3 Å². The third kappa shape index (κ3) is 48000. The Hall–Kier alpha value is -0.320. The van der Waals surface area contributed by atoms with E-state index in [1.165, 1.54) is 26.7 Å². The van der Waals surface area contributed by atoms with Crippen LogP contribution in [0.25, 0.3) is 0 Å². The maximum absolute atomic E-state index is 11.0. The van der Waals surface area contributed by atoms with Crippen LogP contribution in [0.5, 0.6) is 0 Å². The van der Waals surface area contributed by atoms with Crippen LogP contribution in [0.15, 0.2) is 0 Å². The maximum Gasteiger partial charge on any atom is 0.386 e. The average molecular weight is 312 g/mol. The van der Waals surface area contributed by atoms with Gasteiger partial charge in [-0.3, -0.25) is 0 Å². The van der Waals surface area contributed by atoms with E-state index in [1.54, 1.807) is 14.2 Å². The smallest absolute Gasteiger partial charge is 0.386 e. The fourth-order valence-electron chi connectivity index (χ4n) is 0. The molecule has 0 atom stereocenters. The Morgan fingerprint density at radius 2 is 0.850 bits per heavy atom. The predicted molar refractivity (Wildman–Crippen MR) is 86.3 cm³/mol. The van der Waals surface area contributed by atoms with Crippen LogP contribution in [0.2, 0.25) is 0 Å². The molecule has 0 saturated carbocycles. The molecule has 0 heterocycles. The molecule has 0 aromatic carbocycles. The first kappa shape index (κ1) is 42.7. The van der Waals surface area contributed by atoms with Gasteiger partial charge in [0.05, 0.1) is 6.17 Å². The van der Waals surface area contributed by atoms with Crippen LogP contribution in [0.1, 0.15) is 76.2 Å². The molecule has 20 heavy (non-hydrogen) atoms. The molecule has 0 N–H and O–H groups in total. The molecular formula is C15H40F4O. The zero-order valence-electron chi connectivity index (χ0n) is 13.4. The topological polar surface area (TPSA) is 9.23 Å². The van der Waals surface area contributed by atoms with Crippen molar-refractivity contribution in [3.63, 3.8) is 0 Å². The first-order valence-corrected chi connectivity index (χ1v) is 6.08. The Labute approximate surface area is 126 Å². The molecular weight excluding hydrogens is 272 g/mol. The summed E-state index contributed by atoms with van der Waals surface area (Å²) < 4.78 is 46.3. The third-order valence-corrected chi connectivity index (χ3v) is 0. The monoisotopic (exact) mass is 312 g/mol. The second kappa shape index (κ2) is 42.8. The summed E-state index contributed by atoms with van der Waals surface area (Å²) in [7, 11) is 3.25. The predicted octanol–water partition coefficient (Wildman–Crippen LogP) is 7.30. The van der Waals surface area contributed by atoms with Crippen molar-refractivity contribution in [1.29, 1.82) is 0 Å². The zero-order valence-corrected chi connectivity index (χ0v) is 13.4. The van der Waals surface area contributed by atoms with Crippen molar-refractivity contribution in [2.24, 2.45) is 0 Å². The molecule has 0 aliphatic carbocycles. The van der Waals surface area contributed by atoms with E-state index in [2.05, 4.69) is 32.4 Å². The third-order valence-electron chi connectivity index (χ3n) is 0. The summed E-state index contributed by atoms with van der Waals surface area (Å²) in [4.78, 5) is 0. The van der Waals surface area contributed by atoms with Crippen LogP contribution >= 0.6 is 0 Å². The molecule has 5 heteroatoms. The molecule has 0 aliphatic heterocycles. The van der Waals surface area contributed by atoms with E-state index in [9.17, 15) is 17.6 Å². The van der Waals surface area contributed by atoms with E-state index in [0.717, 1.165) is 0 Å². The molecule has 0 saturated heterocycles. The van der Waals surface area contributed by atoms with E-state index in [1.807, 2.05) is 0 Å². The lowest BCUT2D eigenvalue weighted by Crippen LogP contribution is -1.95. The lowest BCUT2D eigenvalue weighted by atomic mass is 10.5. The second-order valence-corrected chi connectivity index (χ2v) is 3.62. The average Bonchev–Trinajstić information content (AvgIpc) is 2.01. The summed E-state index contributed by atoms with van der Waals surface area (Å²) in [6, 6.07) is 0. The Morgan fingerprint density at radius 3 is 0.850 bits per heavy atom. The Morgan fingerprint density at radius 1 is 0.850 bits per heavy atom. The van der Waals surface area contributed by atoms with E-state index in [0.29, 0.717) is 0 Å². The van der Waals surface area contributed by atoms with Crippen molar-refractivity contribution in [3.05, 3.63) is 0 Å². The molecule has 134 valence electrons. The second-order valence-electron chi connectivity index (χ2n) is 3.62. The summed E-state index contributed by atoms with van der Waals surface area (Å²) in [6.45, 7) is 11.7. The number of methoxy groups -OCH3 is 1. The van der Waals surface area contributed by atoms with Gasteiger partial charge in [0.2, 0.25) is 0 Å². The molecule has 0 fully saturated rings. The van der Waals surface area contributed by atoms with Gasteiger partial charge in [-0.2, -0.15) is 13.2 Å². The van der Waals surface area contributed by atoms with Gasteiger partial charge in [0.15, 0.2) is 0 Å². The van der Waals surface area contributed by atoms with Gasteiger partial charge in [0, 0.05) is 21.1 Å². The van der Waals surface area contributed by atoms with Crippen molar-refractivity contribution < 1.29 is 22.3 Å². The van der Waals surface area contributed by atoms with Gasteiger partial charge in [0.25, 0.3) is 0 Å². The van der Waals surface area contributed by atoms with E-state index >= 15 is 0 Å². The highest BCUT2D eigenvalue weighted by Gasteiger charge is 2.15. The van der Waals surface area contributed by atoms with Gasteiger partial charge in [0.1, 0.15) is 0 Å². The van der Waals surface area contributed by atoms with Gasteiger partial charge in [-0.1, -0.05) is 55.4 Å². The highest BCUT2D eigenvalue weighted by Crippen LogP contribution is 2.10.